The average Bonchev–Trinajstić information content (AvgIpc) is 3.67. The SMILES string of the molecule is Cc1ccc(-c2cccc3[cH-]c(C4(c5cc6c(-c7ccc(C)cc7)cccc6[cH-]5)CCCC4)cc23)cc1.[CH3-].[CH3-].[Hf+4]. The molecule has 0 N–H and O–H groups in total. The number of rotatable bonds is 4. The fourth-order valence-corrected chi connectivity index (χ4v) is 6.71. The van der Waals surface area contributed by atoms with E-state index in [0.717, 1.165) is 0 Å². The van der Waals surface area contributed by atoms with E-state index in [9.17, 15) is 0 Å². The van der Waals surface area contributed by atoms with E-state index in [-0.39, 0.29) is 46.1 Å². The monoisotopic (exact) mass is 686 g/mol. The largest absolute Gasteiger partial charge is 4.00 e. The Morgan fingerprint density at radius 2 is 0.950 bits per heavy atom. The Hall–Kier alpha value is -3.03. The fourth-order valence-electron chi connectivity index (χ4n) is 6.71. The Labute approximate surface area is 259 Å². The molecule has 0 saturated heterocycles. The van der Waals surface area contributed by atoms with Crippen LogP contribution in [0.15, 0.2) is 109 Å². The number of aryl methyl sites for hydroxylation is 2. The Kier molecular flexibility index (Phi) is 8.86. The second-order valence-electron chi connectivity index (χ2n) is 11.1. The molecule has 1 heteroatoms. The van der Waals surface area contributed by atoms with Gasteiger partial charge in [0.05, 0.1) is 0 Å². The van der Waals surface area contributed by atoms with Gasteiger partial charge in [0.25, 0.3) is 0 Å². The number of fused-ring (bicyclic) bond motifs is 2. The van der Waals surface area contributed by atoms with Gasteiger partial charge in [-0.25, -0.2) is 0 Å². The minimum atomic E-state index is 0. The molecular formula is C39H38Hf. The summed E-state index contributed by atoms with van der Waals surface area (Å²) in [4.78, 5) is 0. The summed E-state index contributed by atoms with van der Waals surface area (Å²) >= 11 is 0. The summed E-state index contributed by atoms with van der Waals surface area (Å²) in [6.07, 6.45) is 5.02. The van der Waals surface area contributed by atoms with Crippen molar-refractivity contribution in [2.24, 2.45) is 0 Å². The molecule has 0 nitrogen and oxygen atoms in total. The standard InChI is InChI=1S/C37H32.2CH3.Hf/c1-25-11-15-27(16-12-25)33-9-5-7-29-21-31(23-35(29)33)37(19-3-4-20-37)32-22-30-8-6-10-34(36(30)24-32)28-17-13-26(2)14-18-28;;;/h5-18,21-24H,3-4,19-20H2,1-2H3;2*1H3;/q-2;2*-1;+4. The third-order valence-electron chi connectivity index (χ3n) is 8.79. The first kappa shape index (κ1) is 29.9. The van der Waals surface area contributed by atoms with Crippen LogP contribution in [0.2, 0.25) is 0 Å². The van der Waals surface area contributed by atoms with Gasteiger partial charge in [0.1, 0.15) is 0 Å². The van der Waals surface area contributed by atoms with Crippen LogP contribution in [0, 0.1) is 28.7 Å². The molecular weight excluding hydrogens is 647 g/mol. The Morgan fingerprint density at radius 3 is 1.35 bits per heavy atom. The van der Waals surface area contributed by atoms with Crippen LogP contribution in [-0.2, 0) is 31.3 Å². The van der Waals surface area contributed by atoms with Crippen molar-refractivity contribution >= 4 is 21.5 Å². The molecule has 1 aliphatic rings. The van der Waals surface area contributed by atoms with Gasteiger partial charge in [0.2, 0.25) is 0 Å². The molecule has 0 atom stereocenters. The van der Waals surface area contributed by atoms with Crippen molar-refractivity contribution in [3.05, 3.63) is 146 Å². The zero-order chi connectivity index (χ0) is 25.0. The summed E-state index contributed by atoms with van der Waals surface area (Å²) in [6.45, 7) is 4.31. The maximum atomic E-state index is 2.51. The summed E-state index contributed by atoms with van der Waals surface area (Å²) in [5.74, 6) is 0. The van der Waals surface area contributed by atoms with Gasteiger partial charge in [-0.3, -0.25) is 0 Å². The molecule has 0 amide bonds. The fraction of sp³-hybridized carbons (Fsp3) is 0.179. The van der Waals surface area contributed by atoms with Crippen molar-refractivity contribution in [1.82, 2.24) is 0 Å². The molecule has 1 aliphatic carbocycles. The molecule has 0 aromatic heterocycles. The van der Waals surface area contributed by atoms with Gasteiger partial charge in [-0.15, -0.1) is 69.1 Å². The van der Waals surface area contributed by atoms with E-state index >= 15 is 0 Å². The maximum Gasteiger partial charge on any atom is 4.00 e. The molecule has 0 spiro atoms. The third kappa shape index (κ3) is 4.99. The predicted octanol–water partition coefficient (Wildman–Crippen LogP) is 11.1. The summed E-state index contributed by atoms with van der Waals surface area (Å²) in [5.41, 5.74) is 11.0. The van der Waals surface area contributed by atoms with E-state index in [1.807, 2.05) is 0 Å². The van der Waals surface area contributed by atoms with Crippen LogP contribution in [-0.4, -0.2) is 0 Å². The van der Waals surface area contributed by atoms with Crippen LogP contribution in [0.25, 0.3) is 43.8 Å². The average molecular weight is 685 g/mol. The molecule has 6 aromatic rings. The smallest absolute Gasteiger partial charge is 0.358 e. The summed E-state index contributed by atoms with van der Waals surface area (Å²) < 4.78 is 0. The van der Waals surface area contributed by atoms with Crippen LogP contribution >= 0.6 is 0 Å². The predicted molar refractivity (Wildman–Crippen MR) is 172 cm³/mol. The van der Waals surface area contributed by atoms with Crippen molar-refractivity contribution in [1.29, 1.82) is 0 Å². The molecule has 0 bridgehead atoms. The van der Waals surface area contributed by atoms with E-state index in [1.54, 1.807) is 0 Å². The van der Waals surface area contributed by atoms with Crippen LogP contribution in [0.1, 0.15) is 47.9 Å². The summed E-state index contributed by atoms with van der Waals surface area (Å²) in [7, 11) is 0. The van der Waals surface area contributed by atoms with Gasteiger partial charge in [-0.1, -0.05) is 95.8 Å². The second kappa shape index (κ2) is 11.8. The van der Waals surface area contributed by atoms with Gasteiger partial charge in [-0.2, -0.15) is 12.1 Å². The molecule has 7 rings (SSSR count). The third-order valence-corrected chi connectivity index (χ3v) is 8.79. The van der Waals surface area contributed by atoms with Gasteiger partial charge in [0, 0.05) is 0 Å². The molecule has 1 saturated carbocycles. The van der Waals surface area contributed by atoms with Crippen LogP contribution in [0.5, 0.6) is 0 Å². The van der Waals surface area contributed by atoms with Crippen LogP contribution in [0.4, 0.5) is 0 Å². The van der Waals surface area contributed by atoms with Crippen molar-refractivity contribution in [3.8, 4) is 22.3 Å². The molecule has 6 aromatic carbocycles. The number of hydrogen-bond donors (Lipinski definition) is 0. The normalized spacial score (nSPS) is 13.9. The topological polar surface area (TPSA) is 0 Å². The Bertz CT molecular complexity index is 1590. The molecule has 40 heavy (non-hydrogen) atoms. The van der Waals surface area contributed by atoms with Crippen molar-refractivity contribution < 1.29 is 25.8 Å². The maximum absolute atomic E-state index is 2.51. The van der Waals surface area contributed by atoms with Gasteiger partial charge in [-0.05, 0) is 43.2 Å². The van der Waals surface area contributed by atoms with Crippen LogP contribution in [0.3, 0.4) is 0 Å². The minimum absolute atomic E-state index is 0. The van der Waals surface area contributed by atoms with E-state index in [0.29, 0.717) is 0 Å². The molecule has 0 aliphatic heterocycles. The summed E-state index contributed by atoms with van der Waals surface area (Å²) in [5, 5.41) is 5.47. The first-order valence-electron chi connectivity index (χ1n) is 13.6. The Morgan fingerprint density at radius 1 is 0.550 bits per heavy atom. The molecule has 0 radical (unpaired) electrons. The molecule has 0 heterocycles. The first-order chi connectivity index (χ1) is 18.1. The van der Waals surface area contributed by atoms with E-state index < -0.39 is 0 Å². The van der Waals surface area contributed by atoms with Crippen LogP contribution < -0.4 is 0 Å². The van der Waals surface area contributed by atoms with Crippen molar-refractivity contribution in [3.63, 3.8) is 0 Å². The molecule has 198 valence electrons. The van der Waals surface area contributed by atoms with Gasteiger partial charge < -0.3 is 14.9 Å². The second-order valence-corrected chi connectivity index (χ2v) is 11.1. The van der Waals surface area contributed by atoms with E-state index in [2.05, 4.69) is 123 Å². The quantitative estimate of drug-likeness (QED) is 0.128. The minimum Gasteiger partial charge on any atom is -0.358 e. The zero-order valence-corrected chi connectivity index (χ0v) is 27.8. The summed E-state index contributed by atoms with van der Waals surface area (Å²) in [6, 6.07) is 41.5. The molecule has 1 fully saturated rings. The first-order valence-corrected chi connectivity index (χ1v) is 13.6. The number of hydrogen-bond acceptors (Lipinski definition) is 0. The van der Waals surface area contributed by atoms with E-state index in [1.165, 1.54) is 91.7 Å². The number of benzene rings is 4. The Balaban J connectivity index is 0.00000123. The van der Waals surface area contributed by atoms with Crippen molar-refractivity contribution in [2.75, 3.05) is 0 Å². The van der Waals surface area contributed by atoms with Crippen molar-refractivity contribution in [2.45, 2.75) is 44.9 Å². The van der Waals surface area contributed by atoms with Gasteiger partial charge >= 0.3 is 25.8 Å². The zero-order valence-electron chi connectivity index (χ0n) is 24.2. The molecule has 0 unspecified atom stereocenters. The van der Waals surface area contributed by atoms with Gasteiger partial charge in [0.15, 0.2) is 0 Å². The van der Waals surface area contributed by atoms with E-state index in [4.69, 9.17) is 0 Å².